The Morgan fingerprint density at radius 1 is 1.50 bits per heavy atom. The molecule has 0 bridgehead atoms. The number of rotatable bonds is 8. The fourth-order valence-corrected chi connectivity index (χ4v) is 1.46. The summed E-state index contributed by atoms with van der Waals surface area (Å²) in [7, 11) is 0. The first-order chi connectivity index (χ1) is 7.65. The van der Waals surface area contributed by atoms with E-state index in [0.29, 0.717) is 12.1 Å². The predicted octanol–water partition coefficient (Wildman–Crippen LogP) is 2.18. The molecule has 0 aromatic heterocycles. The maximum absolute atomic E-state index is 11.5. The fourth-order valence-electron chi connectivity index (χ4n) is 1.46. The Balaban J connectivity index is 3.66. The molecule has 0 saturated heterocycles. The summed E-state index contributed by atoms with van der Waals surface area (Å²) in [5.74, 6) is -0.0949. The van der Waals surface area contributed by atoms with Crippen LogP contribution in [0, 0.1) is 0 Å². The molecule has 1 amide bonds. The second-order valence-electron chi connectivity index (χ2n) is 3.79. The van der Waals surface area contributed by atoms with Crippen LogP contribution in [0.15, 0.2) is 24.3 Å². The van der Waals surface area contributed by atoms with Crippen LogP contribution < -0.4 is 5.32 Å². The van der Waals surface area contributed by atoms with Gasteiger partial charge in [0.15, 0.2) is 0 Å². The van der Waals surface area contributed by atoms with Gasteiger partial charge >= 0.3 is 0 Å². The number of aliphatic hydroxyl groups is 1. The summed E-state index contributed by atoms with van der Waals surface area (Å²) in [5.41, 5.74) is 0.592. The molecule has 0 aliphatic heterocycles. The molecule has 0 aliphatic rings. The number of allylic oxidation sites excluding steroid dienone is 1. The highest BCUT2D eigenvalue weighted by Crippen LogP contribution is 2.03. The largest absolute Gasteiger partial charge is 0.393 e. The summed E-state index contributed by atoms with van der Waals surface area (Å²) in [5, 5.41) is 12.3. The van der Waals surface area contributed by atoms with Crippen LogP contribution in [0.3, 0.4) is 0 Å². The van der Waals surface area contributed by atoms with Gasteiger partial charge in [-0.3, -0.25) is 4.79 Å². The summed E-state index contributed by atoms with van der Waals surface area (Å²) in [4.78, 5) is 11.5. The van der Waals surface area contributed by atoms with Crippen LogP contribution in [0.4, 0.5) is 0 Å². The maximum Gasteiger partial charge on any atom is 0.250 e. The summed E-state index contributed by atoms with van der Waals surface area (Å²) in [6.07, 6.45) is 6.42. The molecular formula is C13H23NO2. The van der Waals surface area contributed by atoms with Crippen molar-refractivity contribution in [3.8, 4) is 0 Å². The van der Waals surface area contributed by atoms with Crippen molar-refractivity contribution in [2.75, 3.05) is 6.54 Å². The first-order valence-electron chi connectivity index (χ1n) is 5.90. The van der Waals surface area contributed by atoms with Crippen molar-refractivity contribution >= 4 is 5.91 Å². The van der Waals surface area contributed by atoms with Crippen molar-refractivity contribution in [2.24, 2.45) is 0 Å². The van der Waals surface area contributed by atoms with E-state index in [-0.39, 0.29) is 12.0 Å². The molecular weight excluding hydrogens is 202 g/mol. The lowest BCUT2D eigenvalue weighted by atomic mass is 10.1. The van der Waals surface area contributed by atoms with E-state index in [1.807, 2.05) is 13.8 Å². The second-order valence-corrected chi connectivity index (χ2v) is 3.79. The van der Waals surface area contributed by atoms with Gasteiger partial charge in [-0.05, 0) is 26.2 Å². The van der Waals surface area contributed by atoms with E-state index in [1.165, 1.54) is 0 Å². The minimum Gasteiger partial charge on any atom is -0.393 e. The van der Waals surface area contributed by atoms with Crippen molar-refractivity contribution in [1.82, 2.24) is 5.32 Å². The molecule has 3 nitrogen and oxygen atoms in total. The molecule has 0 saturated carbocycles. The number of aliphatic hydroxyl groups excluding tert-OH is 1. The van der Waals surface area contributed by atoms with E-state index in [0.717, 1.165) is 25.7 Å². The van der Waals surface area contributed by atoms with Crippen molar-refractivity contribution in [3.05, 3.63) is 24.3 Å². The normalized spacial score (nSPS) is 13.3. The van der Waals surface area contributed by atoms with E-state index >= 15 is 0 Å². The molecule has 0 spiro atoms. The lowest BCUT2D eigenvalue weighted by Crippen LogP contribution is -2.26. The molecule has 1 atom stereocenters. The predicted molar refractivity (Wildman–Crippen MR) is 67.1 cm³/mol. The topological polar surface area (TPSA) is 49.3 Å². The second kappa shape index (κ2) is 9.16. The fraction of sp³-hybridized carbons (Fsp3) is 0.615. The third-order valence-electron chi connectivity index (χ3n) is 2.41. The number of hydrogen-bond acceptors (Lipinski definition) is 2. The van der Waals surface area contributed by atoms with Crippen LogP contribution in [-0.4, -0.2) is 23.7 Å². The highest BCUT2D eigenvalue weighted by molar-refractivity contribution is 5.95. The molecule has 0 aromatic rings. The van der Waals surface area contributed by atoms with Crippen LogP contribution in [0.1, 0.15) is 39.5 Å². The quantitative estimate of drug-likeness (QED) is 0.378. The molecule has 1 unspecified atom stereocenters. The minimum absolute atomic E-state index is 0.0949. The molecule has 0 radical (unpaired) electrons. The van der Waals surface area contributed by atoms with Gasteiger partial charge in [0.1, 0.15) is 0 Å². The Bertz CT molecular complexity index is 246. The smallest absolute Gasteiger partial charge is 0.250 e. The van der Waals surface area contributed by atoms with Gasteiger partial charge in [-0.1, -0.05) is 32.1 Å². The van der Waals surface area contributed by atoms with Crippen molar-refractivity contribution < 1.29 is 9.90 Å². The molecule has 2 N–H and O–H groups in total. The Morgan fingerprint density at radius 3 is 2.69 bits per heavy atom. The van der Waals surface area contributed by atoms with Gasteiger partial charge in [0.2, 0.25) is 0 Å². The van der Waals surface area contributed by atoms with Gasteiger partial charge in [0.25, 0.3) is 5.91 Å². The van der Waals surface area contributed by atoms with Crippen molar-refractivity contribution in [2.45, 2.75) is 45.6 Å². The van der Waals surface area contributed by atoms with Crippen LogP contribution in [0.2, 0.25) is 0 Å². The molecule has 92 valence electrons. The summed E-state index contributed by atoms with van der Waals surface area (Å²) < 4.78 is 0. The van der Waals surface area contributed by atoms with Crippen LogP contribution >= 0.6 is 0 Å². The van der Waals surface area contributed by atoms with E-state index in [4.69, 9.17) is 0 Å². The van der Waals surface area contributed by atoms with Gasteiger partial charge < -0.3 is 10.4 Å². The zero-order valence-electron chi connectivity index (χ0n) is 10.3. The van der Waals surface area contributed by atoms with E-state index in [9.17, 15) is 9.90 Å². The number of hydrogen-bond donors (Lipinski definition) is 2. The molecule has 0 rings (SSSR count). The number of nitrogens with one attached hydrogen (secondary N) is 1. The average Bonchev–Trinajstić information content (AvgIpc) is 2.26. The van der Waals surface area contributed by atoms with Crippen molar-refractivity contribution in [3.63, 3.8) is 0 Å². The molecule has 0 heterocycles. The Morgan fingerprint density at radius 2 is 2.19 bits per heavy atom. The summed E-state index contributed by atoms with van der Waals surface area (Å²) >= 11 is 0. The number of amides is 1. The summed E-state index contributed by atoms with van der Waals surface area (Å²) in [6.45, 7) is 8.02. The van der Waals surface area contributed by atoms with Crippen molar-refractivity contribution in [1.29, 1.82) is 0 Å². The first kappa shape index (κ1) is 14.9. The third-order valence-corrected chi connectivity index (χ3v) is 2.41. The average molecular weight is 225 g/mol. The first-order valence-corrected chi connectivity index (χ1v) is 5.90. The van der Waals surface area contributed by atoms with Gasteiger partial charge in [0.05, 0.1) is 6.10 Å². The van der Waals surface area contributed by atoms with Gasteiger partial charge in [-0.2, -0.15) is 0 Å². The molecule has 16 heavy (non-hydrogen) atoms. The Labute approximate surface area is 98.2 Å². The number of carbonyl (C=O) groups is 1. The molecule has 0 aromatic carbocycles. The highest BCUT2D eigenvalue weighted by atomic mass is 16.3. The Hall–Kier alpha value is -1.09. The lowest BCUT2D eigenvalue weighted by Gasteiger charge is -2.09. The molecule has 0 aliphatic carbocycles. The SMILES string of the molecule is C=C/C(=C\C)C(=O)NCCCC(O)CCC. The zero-order valence-corrected chi connectivity index (χ0v) is 10.3. The monoisotopic (exact) mass is 225 g/mol. The zero-order chi connectivity index (χ0) is 12.4. The third kappa shape index (κ3) is 6.40. The molecule has 3 heteroatoms. The van der Waals surface area contributed by atoms with Crippen LogP contribution in [0.25, 0.3) is 0 Å². The van der Waals surface area contributed by atoms with E-state index < -0.39 is 0 Å². The van der Waals surface area contributed by atoms with Gasteiger partial charge in [-0.15, -0.1) is 0 Å². The molecule has 0 fully saturated rings. The standard InChI is InChI=1S/C13H23NO2/c1-4-8-12(15)9-7-10-14-13(16)11(5-2)6-3/h5-6,12,15H,2,4,7-10H2,1,3H3,(H,14,16)/b11-6+. The van der Waals surface area contributed by atoms with Gasteiger partial charge in [-0.25, -0.2) is 0 Å². The maximum atomic E-state index is 11.5. The van der Waals surface area contributed by atoms with Gasteiger partial charge in [0, 0.05) is 12.1 Å². The number of carbonyl (C=O) groups excluding carboxylic acids is 1. The Kier molecular flexibility index (Phi) is 8.53. The van der Waals surface area contributed by atoms with E-state index in [1.54, 1.807) is 12.2 Å². The lowest BCUT2D eigenvalue weighted by molar-refractivity contribution is -0.117. The highest BCUT2D eigenvalue weighted by Gasteiger charge is 2.05. The van der Waals surface area contributed by atoms with E-state index in [2.05, 4.69) is 11.9 Å². The van der Waals surface area contributed by atoms with Crippen LogP contribution in [0.5, 0.6) is 0 Å². The summed E-state index contributed by atoms with van der Waals surface area (Å²) in [6, 6.07) is 0. The minimum atomic E-state index is -0.234. The van der Waals surface area contributed by atoms with Crippen LogP contribution in [-0.2, 0) is 4.79 Å².